The third kappa shape index (κ3) is 4.40. The van der Waals surface area contributed by atoms with Crippen LogP contribution in [0.25, 0.3) is 0 Å². The number of rotatable bonds is 3. The van der Waals surface area contributed by atoms with Crippen LogP contribution in [0, 0.1) is 13.8 Å². The molecule has 0 aliphatic heterocycles. The van der Waals surface area contributed by atoms with Gasteiger partial charge in [0.1, 0.15) is 0 Å². The summed E-state index contributed by atoms with van der Waals surface area (Å²) in [5, 5.41) is 6.71. The Morgan fingerprint density at radius 1 is 0.944 bits per heavy atom. The molecule has 3 heteroatoms. The van der Waals surface area contributed by atoms with Crippen LogP contribution < -0.4 is 10.6 Å². The van der Waals surface area contributed by atoms with Crippen molar-refractivity contribution in [2.24, 2.45) is 4.99 Å². The van der Waals surface area contributed by atoms with Crippen molar-refractivity contribution in [1.82, 2.24) is 10.6 Å². The maximum Gasteiger partial charge on any atom is 0.196 e. The van der Waals surface area contributed by atoms with Gasteiger partial charge in [0, 0.05) is 12.1 Å². The van der Waals surface area contributed by atoms with Crippen molar-refractivity contribution in [2.75, 3.05) is 0 Å². The standard InChI is InChI=1S/C15H25N3/c1-10(2)16-15(17-11(3)4)18-14-12(5)8-7-9-13(14)6/h7-11H,1-6H3,(H2,16,17,18). The normalized spacial score (nSPS) is 10.7. The van der Waals surface area contributed by atoms with Crippen LogP contribution in [-0.4, -0.2) is 18.0 Å². The predicted molar refractivity (Wildman–Crippen MR) is 79.6 cm³/mol. The first kappa shape index (κ1) is 14.6. The molecule has 0 amide bonds. The summed E-state index contributed by atoms with van der Waals surface area (Å²) in [7, 11) is 0. The molecule has 2 N–H and O–H groups in total. The fraction of sp³-hybridized carbons (Fsp3) is 0.533. The van der Waals surface area contributed by atoms with Crippen molar-refractivity contribution in [3.63, 3.8) is 0 Å². The van der Waals surface area contributed by atoms with E-state index >= 15 is 0 Å². The van der Waals surface area contributed by atoms with Gasteiger partial charge in [-0.25, -0.2) is 4.99 Å². The summed E-state index contributed by atoms with van der Waals surface area (Å²) in [6, 6.07) is 6.97. The second-order valence-electron chi connectivity index (χ2n) is 5.30. The molecule has 0 bridgehead atoms. The number of hydrogen-bond acceptors (Lipinski definition) is 1. The van der Waals surface area contributed by atoms with E-state index < -0.39 is 0 Å². The Hall–Kier alpha value is -1.51. The maximum atomic E-state index is 4.73. The zero-order chi connectivity index (χ0) is 13.7. The first-order chi connectivity index (χ1) is 8.40. The van der Waals surface area contributed by atoms with E-state index in [1.807, 2.05) is 0 Å². The zero-order valence-electron chi connectivity index (χ0n) is 12.3. The van der Waals surface area contributed by atoms with E-state index in [1.54, 1.807) is 0 Å². The van der Waals surface area contributed by atoms with Crippen LogP contribution in [-0.2, 0) is 0 Å². The van der Waals surface area contributed by atoms with E-state index in [4.69, 9.17) is 4.99 Å². The van der Waals surface area contributed by atoms with Gasteiger partial charge in [-0.1, -0.05) is 18.2 Å². The van der Waals surface area contributed by atoms with Crippen molar-refractivity contribution in [2.45, 2.75) is 53.6 Å². The molecular weight excluding hydrogens is 222 g/mol. The summed E-state index contributed by atoms with van der Waals surface area (Å²) in [6.45, 7) is 12.6. The van der Waals surface area contributed by atoms with Crippen LogP contribution in [0.3, 0.4) is 0 Å². The van der Waals surface area contributed by atoms with Gasteiger partial charge in [-0.15, -0.1) is 0 Å². The van der Waals surface area contributed by atoms with Gasteiger partial charge < -0.3 is 10.6 Å². The maximum absolute atomic E-state index is 4.73. The molecule has 0 spiro atoms. The van der Waals surface area contributed by atoms with Gasteiger partial charge in [0.15, 0.2) is 5.96 Å². The Morgan fingerprint density at radius 2 is 1.39 bits per heavy atom. The van der Waals surface area contributed by atoms with E-state index in [2.05, 4.69) is 70.4 Å². The second kappa shape index (κ2) is 6.43. The summed E-state index contributed by atoms with van der Waals surface area (Å²) in [4.78, 5) is 4.73. The number of nitrogens with one attached hydrogen (secondary N) is 2. The van der Waals surface area contributed by atoms with Crippen LogP contribution >= 0.6 is 0 Å². The average molecular weight is 247 g/mol. The van der Waals surface area contributed by atoms with Gasteiger partial charge in [0.05, 0.1) is 5.69 Å². The number of nitrogens with zero attached hydrogens (tertiary/aromatic N) is 1. The molecule has 0 atom stereocenters. The topological polar surface area (TPSA) is 36.4 Å². The second-order valence-corrected chi connectivity index (χ2v) is 5.30. The molecule has 3 nitrogen and oxygen atoms in total. The summed E-state index contributed by atoms with van der Waals surface area (Å²) >= 11 is 0. The highest BCUT2D eigenvalue weighted by molar-refractivity contribution is 5.84. The Balaban J connectivity index is 3.06. The van der Waals surface area contributed by atoms with E-state index in [-0.39, 0.29) is 0 Å². The summed E-state index contributed by atoms with van der Waals surface area (Å²) in [5.41, 5.74) is 3.45. The number of aliphatic imine (C=N–C) groups is 1. The number of guanidine groups is 1. The molecule has 18 heavy (non-hydrogen) atoms. The van der Waals surface area contributed by atoms with E-state index in [0.29, 0.717) is 12.1 Å². The van der Waals surface area contributed by atoms with Crippen LogP contribution in [0.5, 0.6) is 0 Å². The third-order valence-corrected chi connectivity index (χ3v) is 2.51. The summed E-state index contributed by atoms with van der Waals surface area (Å²) < 4.78 is 0. The number of para-hydroxylation sites is 1. The molecule has 1 aromatic rings. The predicted octanol–water partition coefficient (Wildman–Crippen LogP) is 3.29. The van der Waals surface area contributed by atoms with Gasteiger partial charge in [-0.2, -0.15) is 0 Å². The third-order valence-electron chi connectivity index (χ3n) is 2.51. The Bertz CT molecular complexity index is 387. The minimum Gasteiger partial charge on any atom is -0.354 e. The molecule has 0 aliphatic rings. The first-order valence-electron chi connectivity index (χ1n) is 6.58. The van der Waals surface area contributed by atoms with Gasteiger partial charge in [0.2, 0.25) is 0 Å². The van der Waals surface area contributed by atoms with Crippen LogP contribution in [0.4, 0.5) is 5.69 Å². The fourth-order valence-corrected chi connectivity index (χ4v) is 1.75. The first-order valence-corrected chi connectivity index (χ1v) is 6.58. The molecule has 1 rings (SSSR count). The minimum atomic E-state index is 0.360. The molecular formula is C15H25N3. The average Bonchev–Trinajstić information content (AvgIpc) is 2.21. The molecule has 0 saturated carbocycles. The minimum absolute atomic E-state index is 0.360. The lowest BCUT2D eigenvalue weighted by Crippen LogP contribution is -2.43. The van der Waals surface area contributed by atoms with Crippen LogP contribution in [0.1, 0.15) is 38.8 Å². The largest absolute Gasteiger partial charge is 0.354 e. The lowest BCUT2D eigenvalue weighted by atomic mass is 10.1. The van der Waals surface area contributed by atoms with Crippen molar-refractivity contribution < 1.29 is 0 Å². The number of aryl methyl sites for hydroxylation is 2. The SMILES string of the molecule is Cc1cccc(C)c1N=C(NC(C)C)NC(C)C. The van der Waals surface area contributed by atoms with Crippen LogP contribution in [0.15, 0.2) is 23.2 Å². The molecule has 0 radical (unpaired) electrons. The lowest BCUT2D eigenvalue weighted by Gasteiger charge is -2.18. The highest BCUT2D eigenvalue weighted by atomic mass is 15.2. The molecule has 0 heterocycles. The zero-order valence-corrected chi connectivity index (χ0v) is 12.3. The monoisotopic (exact) mass is 247 g/mol. The lowest BCUT2D eigenvalue weighted by molar-refractivity contribution is 0.661. The Kier molecular flexibility index (Phi) is 5.20. The Morgan fingerprint density at radius 3 is 1.78 bits per heavy atom. The van der Waals surface area contributed by atoms with Gasteiger partial charge in [-0.3, -0.25) is 0 Å². The van der Waals surface area contributed by atoms with Crippen molar-refractivity contribution in [3.05, 3.63) is 29.3 Å². The molecule has 100 valence electrons. The summed E-state index contributed by atoms with van der Waals surface area (Å²) in [5.74, 6) is 0.845. The molecule has 0 fully saturated rings. The molecule has 0 aromatic heterocycles. The summed E-state index contributed by atoms with van der Waals surface area (Å²) in [6.07, 6.45) is 0. The quantitative estimate of drug-likeness (QED) is 0.635. The van der Waals surface area contributed by atoms with Crippen molar-refractivity contribution >= 4 is 11.6 Å². The van der Waals surface area contributed by atoms with Gasteiger partial charge in [-0.05, 0) is 52.7 Å². The molecule has 0 saturated heterocycles. The number of hydrogen-bond donors (Lipinski definition) is 2. The van der Waals surface area contributed by atoms with Crippen LogP contribution in [0.2, 0.25) is 0 Å². The highest BCUT2D eigenvalue weighted by Gasteiger charge is 2.06. The fourth-order valence-electron chi connectivity index (χ4n) is 1.75. The van der Waals surface area contributed by atoms with Gasteiger partial charge in [0.25, 0.3) is 0 Å². The molecule has 1 aromatic carbocycles. The Labute approximate surface area is 111 Å². The van der Waals surface area contributed by atoms with Gasteiger partial charge >= 0.3 is 0 Å². The smallest absolute Gasteiger partial charge is 0.196 e. The van der Waals surface area contributed by atoms with E-state index in [1.165, 1.54) is 11.1 Å². The molecule has 0 unspecified atom stereocenters. The number of benzene rings is 1. The van der Waals surface area contributed by atoms with Crippen molar-refractivity contribution in [3.8, 4) is 0 Å². The van der Waals surface area contributed by atoms with Crippen molar-refractivity contribution in [1.29, 1.82) is 0 Å². The van der Waals surface area contributed by atoms with E-state index in [0.717, 1.165) is 11.6 Å². The van der Waals surface area contributed by atoms with E-state index in [9.17, 15) is 0 Å². The highest BCUT2D eigenvalue weighted by Crippen LogP contribution is 2.22. The molecule has 0 aliphatic carbocycles.